The van der Waals surface area contributed by atoms with Crippen LogP contribution >= 0.6 is 0 Å². The monoisotopic (exact) mass is 191 g/mol. The normalized spacial score (nSPS) is 13.6. The highest BCUT2D eigenvalue weighted by Gasteiger charge is 2.17. The molecule has 0 aromatic carbocycles. The van der Waals surface area contributed by atoms with Gasteiger partial charge in [0.2, 0.25) is 0 Å². The van der Waals surface area contributed by atoms with Gasteiger partial charge in [0, 0.05) is 19.8 Å². The molecular formula is C9H21NO3. The van der Waals surface area contributed by atoms with E-state index in [1.54, 1.807) is 0 Å². The van der Waals surface area contributed by atoms with E-state index in [9.17, 15) is 0 Å². The van der Waals surface area contributed by atoms with Gasteiger partial charge in [-0.05, 0) is 20.8 Å². The van der Waals surface area contributed by atoms with Crippen molar-refractivity contribution in [2.24, 2.45) is 5.73 Å². The van der Waals surface area contributed by atoms with E-state index in [1.165, 1.54) is 0 Å². The van der Waals surface area contributed by atoms with Gasteiger partial charge in [0.05, 0.1) is 12.6 Å². The van der Waals surface area contributed by atoms with Crippen molar-refractivity contribution in [2.75, 3.05) is 26.4 Å². The molecule has 0 fully saturated rings. The maximum Gasteiger partial charge on any atom is 0.174 e. The van der Waals surface area contributed by atoms with Crippen LogP contribution in [0.25, 0.3) is 0 Å². The van der Waals surface area contributed by atoms with Crippen molar-refractivity contribution in [3.63, 3.8) is 0 Å². The first-order chi connectivity index (χ1) is 6.26. The molecule has 0 aliphatic heterocycles. The summed E-state index contributed by atoms with van der Waals surface area (Å²) in [6.07, 6.45) is -0.346. The maximum absolute atomic E-state index is 5.80. The zero-order chi connectivity index (χ0) is 10.1. The summed E-state index contributed by atoms with van der Waals surface area (Å²) >= 11 is 0. The van der Waals surface area contributed by atoms with Gasteiger partial charge in [-0.1, -0.05) is 0 Å². The standard InChI is InChI=1S/C9H21NO3/c1-4-11-7-8(10)9(12-5-2)13-6-3/h8-9H,4-7,10H2,1-3H3. The van der Waals surface area contributed by atoms with Crippen LogP contribution in [-0.4, -0.2) is 38.8 Å². The minimum absolute atomic E-state index is 0.208. The Kier molecular flexibility index (Phi) is 8.33. The van der Waals surface area contributed by atoms with Crippen molar-refractivity contribution in [3.8, 4) is 0 Å². The van der Waals surface area contributed by atoms with Crippen molar-refractivity contribution in [1.82, 2.24) is 0 Å². The number of rotatable bonds is 8. The van der Waals surface area contributed by atoms with E-state index in [0.717, 1.165) is 0 Å². The SMILES string of the molecule is CCOCC(N)C(OCC)OCC. The van der Waals surface area contributed by atoms with E-state index in [4.69, 9.17) is 19.9 Å². The first kappa shape index (κ1) is 12.8. The lowest BCUT2D eigenvalue weighted by Crippen LogP contribution is -2.42. The van der Waals surface area contributed by atoms with E-state index in [1.807, 2.05) is 20.8 Å². The smallest absolute Gasteiger partial charge is 0.174 e. The maximum atomic E-state index is 5.80. The number of nitrogens with two attached hydrogens (primary N) is 1. The lowest BCUT2D eigenvalue weighted by molar-refractivity contribution is -0.156. The van der Waals surface area contributed by atoms with E-state index >= 15 is 0 Å². The quantitative estimate of drug-likeness (QED) is 0.575. The third-order valence-electron chi connectivity index (χ3n) is 1.53. The molecule has 0 aromatic heterocycles. The van der Waals surface area contributed by atoms with E-state index in [0.29, 0.717) is 26.4 Å². The van der Waals surface area contributed by atoms with Crippen LogP contribution in [0.3, 0.4) is 0 Å². The topological polar surface area (TPSA) is 53.7 Å². The fourth-order valence-corrected chi connectivity index (χ4v) is 0.956. The second kappa shape index (κ2) is 8.44. The largest absolute Gasteiger partial charge is 0.380 e. The van der Waals surface area contributed by atoms with Gasteiger partial charge < -0.3 is 19.9 Å². The van der Waals surface area contributed by atoms with Crippen LogP contribution in [0.4, 0.5) is 0 Å². The molecular weight excluding hydrogens is 170 g/mol. The van der Waals surface area contributed by atoms with Gasteiger partial charge in [-0.15, -0.1) is 0 Å². The van der Waals surface area contributed by atoms with Crippen LogP contribution in [0.2, 0.25) is 0 Å². The number of ether oxygens (including phenoxy) is 3. The highest BCUT2D eigenvalue weighted by molar-refractivity contribution is 4.64. The Bertz CT molecular complexity index is 105. The fourth-order valence-electron chi connectivity index (χ4n) is 0.956. The van der Waals surface area contributed by atoms with E-state index in [2.05, 4.69) is 0 Å². The summed E-state index contributed by atoms with van der Waals surface area (Å²) in [4.78, 5) is 0. The number of hydrogen-bond donors (Lipinski definition) is 1. The molecule has 0 heterocycles. The molecule has 0 spiro atoms. The molecule has 80 valence electrons. The predicted molar refractivity (Wildman–Crippen MR) is 51.5 cm³/mol. The van der Waals surface area contributed by atoms with Crippen molar-refractivity contribution in [1.29, 1.82) is 0 Å². The Morgan fingerprint density at radius 2 is 1.54 bits per heavy atom. The molecule has 0 amide bonds. The molecule has 2 N–H and O–H groups in total. The first-order valence-corrected chi connectivity index (χ1v) is 4.82. The second-order valence-corrected chi connectivity index (χ2v) is 2.60. The van der Waals surface area contributed by atoms with Crippen LogP contribution in [0.1, 0.15) is 20.8 Å². The lowest BCUT2D eigenvalue weighted by Gasteiger charge is -2.23. The van der Waals surface area contributed by atoms with Gasteiger partial charge in [-0.2, -0.15) is 0 Å². The minimum atomic E-state index is -0.346. The Morgan fingerprint density at radius 3 is 1.92 bits per heavy atom. The fraction of sp³-hybridized carbons (Fsp3) is 1.00. The van der Waals surface area contributed by atoms with Gasteiger partial charge in [0.15, 0.2) is 6.29 Å². The molecule has 0 aromatic rings. The number of hydrogen-bond acceptors (Lipinski definition) is 4. The molecule has 0 saturated carbocycles. The minimum Gasteiger partial charge on any atom is -0.380 e. The van der Waals surface area contributed by atoms with Crippen molar-refractivity contribution >= 4 is 0 Å². The third kappa shape index (κ3) is 5.99. The lowest BCUT2D eigenvalue weighted by atomic mass is 10.3. The van der Waals surface area contributed by atoms with Gasteiger partial charge in [0.25, 0.3) is 0 Å². The second-order valence-electron chi connectivity index (χ2n) is 2.60. The molecule has 1 atom stereocenters. The van der Waals surface area contributed by atoms with Crippen LogP contribution in [0.15, 0.2) is 0 Å². The summed E-state index contributed by atoms with van der Waals surface area (Å²) in [6, 6.07) is -0.208. The van der Waals surface area contributed by atoms with Crippen molar-refractivity contribution in [3.05, 3.63) is 0 Å². The predicted octanol–water partition coefficient (Wildman–Crippen LogP) is 0.749. The summed E-state index contributed by atoms with van der Waals surface area (Å²) in [5, 5.41) is 0. The molecule has 0 aliphatic rings. The molecule has 0 radical (unpaired) electrons. The molecule has 0 saturated heterocycles. The first-order valence-electron chi connectivity index (χ1n) is 4.82. The average Bonchev–Trinajstić information content (AvgIpc) is 2.14. The Hall–Kier alpha value is -0.160. The van der Waals surface area contributed by atoms with E-state index in [-0.39, 0.29) is 12.3 Å². The van der Waals surface area contributed by atoms with Crippen molar-refractivity contribution < 1.29 is 14.2 Å². The highest BCUT2D eigenvalue weighted by Crippen LogP contribution is 2.00. The molecule has 0 rings (SSSR count). The van der Waals surface area contributed by atoms with Gasteiger partial charge >= 0.3 is 0 Å². The molecule has 1 unspecified atom stereocenters. The van der Waals surface area contributed by atoms with Gasteiger partial charge in [0.1, 0.15) is 0 Å². The van der Waals surface area contributed by atoms with Crippen LogP contribution in [0, 0.1) is 0 Å². The molecule has 13 heavy (non-hydrogen) atoms. The Labute approximate surface area is 80.3 Å². The highest BCUT2D eigenvalue weighted by atomic mass is 16.7. The summed E-state index contributed by atoms with van der Waals surface area (Å²) < 4.78 is 15.8. The molecule has 0 bridgehead atoms. The Morgan fingerprint density at radius 1 is 1.00 bits per heavy atom. The zero-order valence-corrected chi connectivity index (χ0v) is 8.79. The molecule has 4 nitrogen and oxygen atoms in total. The molecule has 0 aliphatic carbocycles. The average molecular weight is 191 g/mol. The van der Waals surface area contributed by atoms with Crippen LogP contribution in [-0.2, 0) is 14.2 Å². The summed E-state index contributed by atoms with van der Waals surface area (Å²) in [5.41, 5.74) is 5.80. The van der Waals surface area contributed by atoms with Crippen molar-refractivity contribution in [2.45, 2.75) is 33.1 Å². The molecule has 4 heteroatoms. The Balaban J connectivity index is 3.72. The van der Waals surface area contributed by atoms with Gasteiger partial charge in [-0.3, -0.25) is 0 Å². The third-order valence-corrected chi connectivity index (χ3v) is 1.53. The van der Waals surface area contributed by atoms with Crippen LogP contribution in [0.5, 0.6) is 0 Å². The van der Waals surface area contributed by atoms with Gasteiger partial charge in [-0.25, -0.2) is 0 Å². The van der Waals surface area contributed by atoms with Crippen LogP contribution < -0.4 is 5.73 Å². The van der Waals surface area contributed by atoms with E-state index < -0.39 is 0 Å². The summed E-state index contributed by atoms with van der Waals surface area (Å²) in [7, 11) is 0. The summed E-state index contributed by atoms with van der Waals surface area (Å²) in [6.45, 7) is 8.11. The zero-order valence-electron chi connectivity index (χ0n) is 8.79. The summed E-state index contributed by atoms with van der Waals surface area (Å²) in [5.74, 6) is 0.